The predicted molar refractivity (Wildman–Crippen MR) is 119 cm³/mol. The third kappa shape index (κ3) is 3.86. The van der Waals surface area contributed by atoms with Crippen LogP contribution in [0.3, 0.4) is 0 Å². The van der Waals surface area contributed by atoms with Gasteiger partial charge < -0.3 is 19.3 Å². The topological polar surface area (TPSA) is 62.3 Å². The van der Waals surface area contributed by atoms with E-state index in [0.29, 0.717) is 52.1 Å². The van der Waals surface area contributed by atoms with Crippen molar-refractivity contribution in [3.8, 4) is 11.5 Å². The molecule has 2 heterocycles. The van der Waals surface area contributed by atoms with E-state index in [4.69, 9.17) is 21.1 Å². The minimum absolute atomic E-state index is 0.341. The van der Waals surface area contributed by atoms with Crippen LogP contribution < -0.4 is 14.4 Å². The highest BCUT2D eigenvalue weighted by atomic mass is 35.5. The van der Waals surface area contributed by atoms with Gasteiger partial charge in [0.25, 0.3) is 11.8 Å². The van der Waals surface area contributed by atoms with E-state index in [1.165, 1.54) is 19.1 Å². The van der Waals surface area contributed by atoms with E-state index in [1.807, 2.05) is 11.9 Å². The first-order valence-corrected chi connectivity index (χ1v) is 10.4. The molecule has 31 heavy (non-hydrogen) atoms. The minimum Gasteiger partial charge on any atom is -0.493 e. The van der Waals surface area contributed by atoms with Crippen molar-refractivity contribution < 1.29 is 19.1 Å². The van der Waals surface area contributed by atoms with Crippen molar-refractivity contribution in [2.45, 2.75) is 0 Å². The fourth-order valence-corrected chi connectivity index (χ4v) is 4.04. The summed E-state index contributed by atoms with van der Waals surface area (Å²) in [4.78, 5) is 32.6. The molecular weight excluding hydrogens is 418 g/mol. The maximum absolute atomic E-state index is 13.6. The van der Waals surface area contributed by atoms with Crippen LogP contribution in [0.15, 0.2) is 48.2 Å². The summed E-state index contributed by atoms with van der Waals surface area (Å²) in [7, 11) is 5.10. The lowest BCUT2D eigenvalue weighted by Gasteiger charge is -2.34. The van der Waals surface area contributed by atoms with E-state index in [9.17, 15) is 9.59 Å². The van der Waals surface area contributed by atoms with Gasteiger partial charge in [-0.2, -0.15) is 0 Å². The molecule has 0 bridgehead atoms. The van der Waals surface area contributed by atoms with Crippen molar-refractivity contribution in [1.82, 2.24) is 9.80 Å². The summed E-state index contributed by atoms with van der Waals surface area (Å²) in [6, 6.07) is 12.0. The zero-order valence-electron chi connectivity index (χ0n) is 17.7. The first-order valence-electron chi connectivity index (χ1n) is 9.99. The largest absolute Gasteiger partial charge is 0.493 e. The lowest BCUT2D eigenvalue weighted by molar-refractivity contribution is -0.120. The van der Waals surface area contributed by atoms with Crippen molar-refractivity contribution >= 4 is 34.7 Å². The number of hydrogen-bond acceptors (Lipinski definition) is 6. The molecule has 0 aromatic heterocycles. The molecule has 2 aromatic carbocycles. The van der Waals surface area contributed by atoms with Crippen LogP contribution in [0.4, 0.5) is 5.69 Å². The molecule has 162 valence electrons. The van der Waals surface area contributed by atoms with Crippen LogP contribution in [-0.4, -0.2) is 69.1 Å². The molecule has 1 saturated heterocycles. The van der Waals surface area contributed by atoms with Gasteiger partial charge in [0.2, 0.25) is 0 Å². The number of rotatable bonds is 5. The average Bonchev–Trinajstić information content (AvgIpc) is 3.04. The Bertz CT molecular complexity index is 1040. The molecule has 8 heteroatoms. The van der Waals surface area contributed by atoms with E-state index >= 15 is 0 Å². The number of benzene rings is 2. The zero-order chi connectivity index (χ0) is 22.1. The predicted octanol–water partition coefficient (Wildman–Crippen LogP) is 2.89. The van der Waals surface area contributed by atoms with Crippen LogP contribution in [0.2, 0.25) is 5.02 Å². The average molecular weight is 442 g/mol. The van der Waals surface area contributed by atoms with Crippen LogP contribution in [-0.2, 0) is 9.59 Å². The van der Waals surface area contributed by atoms with E-state index < -0.39 is 0 Å². The lowest BCUT2D eigenvalue weighted by atomic mass is 10.0. The Balaban J connectivity index is 1.79. The second-order valence-corrected chi connectivity index (χ2v) is 7.94. The number of amides is 2. The molecule has 2 aromatic rings. The monoisotopic (exact) mass is 441 g/mol. The molecule has 0 N–H and O–H groups in total. The van der Waals surface area contributed by atoms with Gasteiger partial charge in [0.05, 0.1) is 25.5 Å². The lowest BCUT2D eigenvalue weighted by Crippen LogP contribution is -2.46. The van der Waals surface area contributed by atoms with Gasteiger partial charge >= 0.3 is 0 Å². The first-order chi connectivity index (χ1) is 14.9. The number of methoxy groups -OCH3 is 2. The summed E-state index contributed by atoms with van der Waals surface area (Å²) in [5.74, 6) is 0.261. The van der Waals surface area contributed by atoms with Gasteiger partial charge in [-0.3, -0.25) is 9.59 Å². The van der Waals surface area contributed by atoms with Gasteiger partial charge in [-0.05, 0) is 36.9 Å². The molecule has 0 spiro atoms. The van der Waals surface area contributed by atoms with Gasteiger partial charge in [0.15, 0.2) is 11.5 Å². The van der Waals surface area contributed by atoms with Crippen LogP contribution in [0.25, 0.3) is 5.57 Å². The standard InChI is InChI=1S/C23H24ClN3O4/c1-25-10-12-26(13-11-25)21-20(15-4-6-16(24)7-5-15)22(28)27(23(21)29)17-8-9-18(30-2)19(14-17)31-3/h4-9,14H,10-13H2,1-3H3. The molecule has 7 nitrogen and oxygen atoms in total. The molecule has 0 aliphatic carbocycles. The number of nitrogens with zero attached hydrogens (tertiary/aromatic N) is 3. The normalized spacial score (nSPS) is 17.5. The minimum atomic E-state index is -0.367. The summed E-state index contributed by atoms with van der Waals surface area (Å²) in [5, 5.41) is 0.569. The fraction of sp³-hybridized carbons (Fsp3) is 0.304. The van der Waals surface area contributed by atoms with Gasteiger partial charge in [-0.25, -0.2) is 4.90 Å². The van der Waals surface area contributed by atoms with E-state index in [2.05, 4.69) is 4.90 Å². The number of likely N-dealkylation sites (N-methyl/N-ethyl adjacent to an activating group) is 1. The van der Waals surface area contributed by atoms with E-state index in [0.717, 1.165) is 13.1 Å². The molecular formula is C23H24ClN3O4. The van der Waals surface area contributed by atoms with E-state index in [-0.39, 0.29) is 11.8 Å². The highest BCUT2D eigenvalue weighted by Crippen LogP contribution is 2.38. The van der Waals surface area contributed by atoms with Gasteiger partial charge in [-0.15, -0.1) is 0 Å². The first kappa shape index (κ1) is 21.2. The molecule has 2 aliphatic heterocycles. The molecule has 4 rings (SSSR count). The van der Waals surface area contributed by atoms with Crippen LogP contribution >= 0.6 is 11.6 Å². The molecule has 2 aliphatic rings. The third-order valence-electron chi connectivity index (χ3n) is 5.64. The number of anilines is 1. The Kier molecular flexibility index (Phi) is 5.89. The Morgan fingerprint density at radius 3 is 2.10 bits per heavy atom. The number of carbonyl (C=O) groups is 2. The van der Waals surface area contributed by atoms with Crippen molar-refractivity contribution in [1.29, 1.82) is 0 Å². The highest BCUT2D eigenvalue weighted by Gasteiger charge is 2.43. The van der Waals surface area contributed by atoms with Crippen LogP contribution in [0.1, 0.15) is 5.56 Å². The molecule has 2 amide bonds. The van der Waals surface area contributed by atoms with Gasteiger partial charge in [-0.1, -0.05) is 23.7 Å². The Labute approximate surface area is 186 Å². The maximum Gasteiger partial charge on any atom is 0.282 e. The smallest absolute Gasteiger partial charge is 0.282 e. The SMILES string of the molecule is COc1ccc(N2C(=O)C(c3ccc(Cl)cc3)=C(N3CCN(C)CC3)C2=O)cc1OC. The number of ether oxygens (including phenoxy) is 2. The van der Waals surface area contributed by atoms with Crippen molar-refractivity contribution in [3.05, 3.63) is 58.7 Å². The molecule has 0 radical (unpaired) electrons. The highest BCUT2D eigenvalue weighted by molar-refractivity contribution is 6.45. The number of carbonyl (C=O) groups excluding carboxylic acids is 2. The summed E-state index contributed by atoms with van der Waals surface area (Å²) in [5.41, 5.74) is 1.92. The molecule has 0 saturated carbocycles. The summed E-state index contributed by atoms with van der Waals surface area (Å²) in [6.45, 7) is 2.97. The Morgan fingerprint density at radius 1 is 0.839 bits per heavy atom. The quantitative estimate of drug-likeness (QED) is 0.665. The van der Waals surface area contributed by atoms with Crippen molar-refractivity contribution in [2.75, 3.05) is 52.3 Å². The third-order valence-corrected chi connectivity index (χ3v) is 5.89. The number of hydrogen-bond donors (Lipinski definition) is 0. The van der Waals surface area contributed by atoms with Crippen LogP contribution in [0, 0.1) is 0 Å². The van der Waals surface area contributed by atoms with Crippen molar-refractivity contribution in [3.63, 3.8) is 0 Å². The Morgan fingerprint density at radius 2 is 1.48 bits per heavy atom. The molecule has 0 atom stereocenters. The molecule has 0 unspecified atom stereocenters. The summed E-state index contributed by atoms with van der Waals surface area (Å²) < 4.78 is 10.7. The van der Waals surface area contributed by atoms with Gasteiger partial charge in [0, 0.05) is 37.3 Å². The summed E-state index contributed by atoms with van der Waals surface area (Å²) in [6.07, 6.45) is 0. The fourth-order valence-electron chi connectivity index (χ4n) is 3.92. The number of halogens is 1. The van der Waals surface area contributed by atoms with Crippen LogP contribution in [0.5, 0.6) is 11.5 Å². The van der Waals surface area contributed by atoms with Crippen molar-refractivity contribution in [2.24, 2.45) is 0 Å². The summed E-state index contributed by atoms with van der Waals surface area (Å²) >= 11 is 6.05. The second kappa shape index (κ2) is 8.61. The van der Waals surface area contributed by atoms with E-state index in [1.54, 1.807) is 42.5 Å². The zero-order valence-corrected chi connectivity index (χ0v) is 18.5. The second-order valence-electron chi connectivity index (χ2n) is 7.51. The number of piperazine rings is 1. The number of imide groups is 1. The molecule has 1 fully saturated rings. The maximum atomic E-state index is 13.6. The Hall–Kier alpha value is -3.03. The van der Waals surface area contributed by atoms with Gasteiger partial charge in [0.1, 0.15) is 5.70 Å².